The number of phosphoric ester groups is 2. The standard InChI is InChI=1S/C87H170O17P2/c1-6-9-12-15-18-21-24-27-29-30-31-32-33-34-37-43-48-53-58-63-68-73-87(92)104-83(77-98-85(90)71-66-61-56-51-46-42-38-35-36-40-44-49-54-59-64-69-80(4)5)79-102-106(95,96)100-75-81(88)74-99-105(93,94)101-78-82(76-97-84(89)70-65-60-55-50-45-39-26-23-20-17-14-11-8-3)103-86(91)72-67-62-57-52-47-41-28-25-22-19-16-13-10-7-2/h80-83,88H,6-79H2,1-5H3,(H,93,94)(H,95,96)/t81-,82+,83+/m0/s1. The molecule has 630 valence electrons. The Bertz CT molecular complexity index is 2010. The van der Waals surface area contributed by atoms with E-state index in [9.17, 15) is 43.2 Å². The molecule has 5 atom stereocenters. The molecule has 0 bridgehead atoms. The van der Waals surface area contributed by atoms with Crippen LogP contribution in [0.1, 0.15) is 471 Å². The van der Waals surface area contributed by atoms with Gasteiger partial charge in [0.25, 0.3) is 0 Å². The maximum absolute atomic E-state index is 13.2. The van der Waals surface area contributed by atoms with Crippen LogP contribution in [0, 0.1) is 5.92 Å². The summed E-state index contributed by atoms with van der Waals surface area (Å²) < 4.78 is 69.0. The smallest absolute Gasteiger partial charge is 0.462 e. The van der Waals surface area contributed by atoms with Crippen LogP contribution in [-0.4, -0.2) is 96.7 Å². The molecule has 0 aromatic rings. The first-order valence-electron chi connectivity index (χ1n) is 45.1. The number of carbonyl (C=O) groups excluding carboxylic acids is 4. The third-order valence-corrected chi connectivity index (χ3v) is 22.4. The molecule has 0 aromatic carbocycles. The highest BCUT2D eigenvalue weighted by atomic mass is 31.2. The van der Waals surface area contributed by atoms with E-state index in [1.807, 2.05) is 0 Å². The first kappa shape index (κ1) is 104. The molecular weight excluding hydrogens is 1380 g/mol. The van der Waals surface area contributed by atoms with Crippen molar-refractivity contribution in [2.75, 3.05) is 39.6 Å². The van der Waals surface area contributed by atoms with Crippen LogP contribution in [0.25, 0.3) is 0 Å². The van der Waals surface area contributed by atoms with Crippen LogP contribution < -0.4 is 0 Å². The lowest BCUT2D eigenvalue weighted by atomic mass is 10.0. The molecule has 0 fully saturated rings. The Hall–Kier alpha value is -1.94. The number of hydrogen-bond acceptors (Lipinski definition) is 15. The number of unbranched alkanes of at least 4 members (excludes halogenated alkanes) is 59. The number of phosphoric acid groups is 2. The van der Waals surface area contributed by atoms with E-state index in [1.165, 1.54) is 295 Å². The molecular formula is C87H170O17P2. The van der Waals surface area contributed by atoms with E-state index in [1.54, 1.807) is 0 Å². The molecule has 2 unspecified atom stereocenters. The van der Waals surface area contributed by atoms with Crippen molar-refractivity contribution in [3.05, 3.63) is 0 Å². The Kier molecular flexibility index (Phi) is 78.2. The van der Waals surface area contributed by atoms with Crippen LogP contribution in [-0.2, 0) is 65.4 Å². The van der Waals surface area contributed by atoms with E-state index in [4.69, 9.17) is 37.0 Å². The molecule has 0 saturated heterocycles. The largest absolute Gasteiger partial charge is 0.472 e. The summed E-state index contributed by atoms with van der Waals surface area (Å²) in [6.07, 6.45) is 73.5. The van der Waals surface area contributed by atoms with Gasteiger partial charge in [-0.3, -0.25) is 37.3 Å². The summed E-state index contributed by atoms with van der Waals surface area (Å²) in [7, 11) is -9.93. The fourth-order valence-corrected chi connectivity index (χ4v) is 15.2. The first-order valence-corrected chi connectivity index (χ1v) is 48.1. The van der Waals surface area contributed by atoms with Gasteiger partial charge in [-0.25, -0.2) is 9.13 Å². The minimum Gasteiger partial charge on any atom is -0.462 e. The highest BCUT2D eigenvalue weighted by Gasteiger charge is 2.30. The van der Waals surface area contributed by atoms with E-state index in [0.717, 1.165) is 95.8 Å². The SMILES string of the molecule is CCCCCCCCCCCCCCCCCCCCCCCC(=O)O[C@H](COC(=O)CCCCCCCCCCCCCCCCCC(C)C)COP(=O)(O)OC[C@@H](O)COP(=O)(O)OC[C@@H](COC(=O)CCCCCCCCCCCCCCC)OC(=O)CCCCCCCCCCCCCCCC. The van der Waals surface area contributed by atoms with Gasteiger partial charge in [0, 0.05) is 25.7 Å². The molecule has 0 aliphatic heterocycles. The van der Waals surface area contributed by atoms with Crippen molar-refractivity contribution < 1.29 is 80.2 Å². The summed E-state index contributed by atoms with van der Waals surface area (Å²) in [6, 6.07) is 0. The fourth-order valence-electron chi connectivity index (χ4n) is 13.6. The van der Waals surface area contributed by atoms with Crippen LogP contribution in [0.3, 0.4) is 0 Å². The van der Waals surface area contributed by atoms with Crippen LogP contribution in [0.4, 0.5) is 0 Å². The monoisotopic (exact) mass is 1550 g/mol. The molecule has 106 heavy (non-hydrogen) atoms. The molecule has 0 saturated carbocycles. The normalized spacial score (nSPS) is 13.7. The van der Waals surface area contributed by atoms with Crippen LogP contribution in [0.15, 0.2) is 0 Å². The van der Waals surface area contributed by atoms with Gasteiger partial charge in [-0.2, -0.15) is 0 Å². The van der Waals surface area contributed by atoms with Gasteiger partial charge in [-0.1, -0.05) is 420 Å². The second kappa shape index (κ2) is 79.7. The summed E-state index contributed by atoms with van der Waals surface area (Å²) >= 11 is 0. The summed E-state index contributed by atoms with van der Waals surface area (Å²) in [5, 5.41) is 10.7. The predicted molar refractivity (Wildman–Crippen MR) is 437 cm³/mol. The number of rotatable bonds is 87. The van der Waals surface area contributed by atoms with Crippen molar-refractivity contribution in [1.29, 1.82) is 0 Å². The Morgan fingerprint density at radius 2 is 0.434 bits per heavy atom. The fraction of sp³-hybridized carbons (Fsp3) is 0.954. The zero-order valence-electron chi connectivity index (χ0n) is 69.6. The van der Waals surface area contributed by atoms with Crippen molar-refractivity contribution >= 4 is 39.5 Å². The second-order valence-corrected chi connectivity index (χ2v) is 34.7. The zero-order chi connectivity index (χ0) is 77.6. The topological polar surface area (TPSA) is 237 Å². The van der Waals surface area contributed by atoms with Gasteiger partial charge in [0.15, 0.2) is 12.2 Å². The highest BCUT2D eigenvalue weighted by Crippen LogP contribution is 2.45. The summed E-state index contributed by atoms with van der Waals surface area (Å²) in [6.45, 7) is 7.41. The summed E-state index contributed by atoms with van der Waals surface area (Å²) in [5.74, 6) is -1.29. The van der Waals surface area contributed by atoms with E-state index in [-0.39, 0.29) is 25.7 Å². The Morgan fingerprint density at radius 3 is 0.642 bits per heavy atom. The molecule has 0 rings (SSSR count). The molecule has 19 heteroatoms. The van der Waals surface area contributed by atoms with Crippen LogP contribution in [0.2, 0.25) is 0 Å². The van der Waals surface area contributed by atoms with E-state index in [2.05, 4.69) is 34.6 Å². The van der Waals surface area contributed by atoms with Crippen molar-refractivity contribution in [2.45, 2.75) is 490 Å². The highest BCUT2D eigenvalue weighted by molar-refractivity contribution is 7.47. The molecule has 0 spiro atoms. The lowest BCUT2D eigenvalue weighted by molar-refractivity contribution is -0.161. The van der Waals surface area contributed by atoms with Gasteiger partial charge < -0.3 is 33.8 Å². The molecule has 0 aliphatic carbocycles. The van der Waals surface area contributed by atoms with E-state index >= 15 is 0 Å². The third-order valence-electron chi connectivity index (χ3n) is 20.5. The quantitative estimate of drug-likeness (QED) is 0.0222. The van der Waals surface area contributed by atoms with Crippen molar-refractivity contribution in [2.24, 2.45) is 5.92 Å². The first-order chi connectivity index (χ1) is 51.5. The van der Waals surface area contributed by atoms with Gasteiger partial charge in [-0.05, 0) is 31.6 Å². The zero-order valence-corrected chi connectivity index (χ0v) is 71.4. The molecule has 0 radical (unpaired) electrons. The predicted octanol–water partition coefficient (Wildman–Crippen LogP) is 26.8. The summed E-state index contributed by atoms with van der Waals surface area (Å²) in [4.78, 5) is 73.3. The number of carbonyl (C=O) groups is 4. The number of ether oxygens (including phenoxy) is 4. The van der Waals surface area contributed by atoms with E-state index in [0.29, 0.717) is 25.7 Å². The number of hydrogen-bond donors (Lipinski definition) is 3. The van der Waals surface area contributed by atoms with Gasteiger partial charge in [0.1, 0.15) is 19.3 Å². The van der Waals surface area contributed by atoms with Gasteiger partial charge in [-0.15, -0.1) is 0 Å². The molecule has 0 heterocycles. The van der Waals surface area contributed by atoms with Crippen molar-refractivity contribution in [3.63, 3.8) is 0 Å². The van der Waals surface area contributed by atoms with Crippen molar-refractivity contribution in [1.82, 2.24) is 0 Å². The lowest BCUT2D eigenvalue weighted by Gasteiger charge is -2.21. The number of aliphatic hydroxyl groups excluding tert-OH is 1. The van der Waals surface area contributed by atoms with Gasteiger partial charge in [0.05, 0.1) is 26.4 Å². The van der Waals surface area contributed by atoms with Crippen LogP contribution in [0.5, 0.6) is 0 Å². The Morgan fingerprint density at radius 1 is 0.255 bits per heavy atom. The van der Waals surface area contributed by atoms with Crippen molar-refractivity contribution in [3.8, 4) is 0 Å². The maximum atomic E-state index is 13.2. The van der Waals surface area contributed by atoms with E-state index < -0.39 is 97.5 Å². The maximum Gasteiger partial charge on any atom is 0.472 e. The molecule has 0 aromatic heterocycles. The number of esters is 4. The lowest BCUT2D eigenvalue weighted by Crippen LogP contribution is -2.30. The van der Waals surface area contributed by atoms with Crippen LogP contribution >= 0.6 is 15.6 Å². The molecule has 3 N–H and O–H groups in total. The number of aliphatic hydroxyl groups is 1. The minimum atomic E-state index is -4.97. The molecule has 0 aliphatic rings. The average molecular weight is 1550 g/mol. The second-order valence-electron chi connectivity index (χ2n) is 31.8. The average Bonchev–Trinajstić information content (AvgIpc) is 0.903. The molecule has 0 amide bonds. The third kappa shape index (κ3) is 80.1. The summed E-state index contributed by atoms with van der Waals surface area (Å²) in [5.41, 5.74) is 0. The Balaban J connectivity index is 5.25. The van der Waals surface area contributed by atoms with Gasteiger partial charge in [0.2, 0.25) is 0 Å². The minimum absolute atomic E-state index is 0.109. The Labute approximate surface area is 651 Å². The van der Waals surface area contributed by atoms with Gasteiger partial charge >= 0.3 is 39.5 Å². The molecule has 17 nitrogen and oxygen atoms in total.